The third-order valence-electron chi connectivity index (χ3n) is 3.28. The number of nitrogens with zero attached hydrogens (tertiary/aromatic N) is 1. The number of ether oxygens (including phenoxy) is 1. The number of fused-ring (bicyclic) bond motifs is 1. The van der Waals surface area contributed by atoms with Gasteiger partial charge in [-0.1, -0.05) is 12.1 Å². The fourth-order valence-electron chi connectivity index (χ4n) is 2.24. The Morgan fingerprint density at radius 1 is 1.22 bits per heavy atom. The first-order chi connectivity index (χ1) is 8.42. The highest BCUT2D eigenvalue weighted by Crippen LogP contribution is 2.17. The maximum atomic E-state index is 5.74. The first-order valence-corrected chi connectivity index (χ1v) is 6.20. The molecule has 0 unspecified atom stereocenters. The van der Waals surface area contributed by atoms with Crippen LogP contribution in [0.2, 0.25) is 0 Å². The Balaban J connectivity index is 0.00000120. The Morgan fingerprint density at radius 3 is 2.78 bits per heavy atom. The zero-order valence-electron chi connectivity index (χ0n) is 10.2. The third-order valence-corrected chi connectivity index (χ3v) is 3.28. The molecule has 98 valence electrons. The van der Waals surface area contributed by atoms with Gasteiger partial charge in [0.15, 0.2) is 0 Å². The molecule has 0 spiro atoms. The van der Waals surface area contributed by atoms with Crippen molar-refractivity contribution in [1.29, 1.82) is 0 Å². The second-order valence-corrected chi connectivity index (χ2v) is 4.56. The van der Waals surface area contributed by atoms with E-state index in [4.69, 9.17) is 4.74 Å². The lowest BCUT2D eigenvalue weighted by Crippen LogP contribution is -2.30. The lowest BCUT2D eigenvalue weighted by atomic mass is 9.99. The topological polar surface area (TPSA) is 49.9 Å². The highest BCUT2D eigenvalue weighted by atomic mass is 35.5. The van der Waals surface area contributed by atoms with E-state index in [-0.39, 0.29) is 12.4 Å². The van der Waals surface area contributed by atoms with Crippen LogP contribution >= 0.6 is 12.4 Å². The second-order valence-electron chi connectivity index (χ2n) is 4.56. The van der Waals surface area contributed by atoms with Crippen LogP contribution in [0.4, 0.5) is 0 Å². The Morgan fingerprint density at radius 2 is 2.00 bits per heavy atom. The Hall–Kier alpha value is -1.26. The Bertz CT molecular complexity index is 461. The van der Waals surface area contributed by atoms with E-state index in [1.54, 1.807) is 0 Å². The molecule has 0 atom stereocenters. The van der Waals surface area contributed by atoms with Gasteiger partial charge in [-0.15, -0.1) is 12.4 Å². The Kier molecular flexibility index (Phi) is 4.44. The number of rotatable bonds is 3. The van der Waals surface area contributed by atoms with Gasteiger partial charge < -0.3 is 15.0 Å². The predicted molar refractivity (Wildman–Crippen MR) is 74.4 cm³/mol. The summed E-state index contributed by atoms with van der Waals surface area (Å²) in [5.74, 6) is 0.657. The van der Waals surface area contributed by atoms with Crippen molar-refractivity contribution in [2.75, 3.05) is 19.7 Å². The summed E-state index contributed by atoms with van der Waals surface area (Å²) < 4.78 is 5.74. The van der Waals surface area contributed by atoms with Crippen LogP contribution < -0.4 is 10.1 Å². The highest BCUT2D eigenvalue weighted by molar-refractivity contribution is 5.85. The number of hydrogen-bond acceptors (Lipinski definition) is 3. The molecule has 0 amide bonds. The van der Waals surface area contributed by atoms with Gasteiger partial charge in [0.05, 0.1) is 17.6 Å². The number of hydrogen-bond donors (Lipinski definition) is 2. The minimum atomic E-state index is 0. The van der Waals surface area contributed by atoms with E-state index in [9.17, 15) is 0 Å². The quantitative estimate of drug-likeness (QED) is 0.898. The lowest BCUT2D eigenvalue weighted by Gasteiger charge is -2.21. The van der Waals surface area contributed by atoms with E-state index in [2.05, 4.69) is 15.3 Å². The number of para-hydroxylation sites is 2. The summed E-state index contributed by atoms with van der Waals surface area (Å²) in [5.41, 5.74) is 2.00. The predicted octanol–water partition coefficient (Wildman–Crippen LogP) is 2.36. The van der Waals surface area contributed by atoms with E-state index in [1.165, 1.54) is 12.8 Å². The van der Waals surface area contributed by atoms with Crippen molar-refractivity contribution in [2.24, 2.45) is 5.92 Å². The van der Waals surface area contributed by atoms with Crippen LogP contribution in [0, 0.1) is 5.92 Å². The molecule has 2 N–H and O–H groups in total. The molecule has 1 aliphatic rings. The maximum Gasteiger partial charge on any atom is 0.294 e. The van der Waals surface area contributed by atoms with E-state index < -0.39 is 0 Å². The van der Waals surface area contributed by atoms with Gasteiger partial charge in [0.25, 0.3) is 6.01 Å². The molecule has 0 saturated carbocycles. The fourth-order valence-corrected chi connectivity index (χ4v) is 2.24. The molecular formula is C13H18ClN3O. The molecule has 1 aliphatic heterocycles. The molecule has 1 aromatic heterocycles. The van der Waals surface area contributed by atoms with Gasteiger partial charge in [-0.3, -0.25) is 0 Å². The minimum Gasteiger partial charge on any atom is -0.464 e. The fraction of sp³-hybridized carbons (Fsp3) is 0.462. The molecular weight excluding hydrogens is 250 g/mol. The zero-order chi connectivity index (χ0) is 11.5. The first kappa shape index (κ1) is 13.2. The van der Waals surface area contributed by atoms with Crippen molar-refractivity contribution in [3.8, 4) is 6.01 Å². The molecule has 0 bridgehead atoms. The largest absolute Gasteiger partial charge is 0.464 e. The summed E-state index contributed by atoms with van der Waals surface area (Å²) in [6.45, 7) is 2.98. The number of halogens is 1. The van der Waals surface area contributed by atoms with E-state index in [1.807, 2.05) is 24.3 Å². The van der Waals surface area contributed by atoms with Gasteiger partial charge in [0.1, 0.15) is 0 Å². The average molecular weight is 268 g/mol. The second kappa shape index (κ2) is 6.07. The van der Waals surface area contributed by atoms with E-state index >= 15 is 0 Å². The standard InChI is InChI=1S/C13H17N3O.ClH/c1-2-4-12-11(3-1)15-13(16-12)17-9-10-5-7-14-8-6-10;/h1-4,10,14H,5-9H2,(H,15,16);1H. The first-order valence-electron chi connectivity index (χ1n) is 6.20. The monoisotopic (exact) mass is 267 g/mol. The van der Waals surface area contributed by atoms with E-state index in [0.717, 1.165) is 30.7 Å². The molecule has 0 radical (unpaired) electrons. The summed E-state index contributed by atoms with van der Waals surface area (Å²) in [6.07, 6.45) is 2.39. The number of aromatic nitrogens is 2. The molecule has 0 aliphatic carbocycles. The highest BCUT2D eigenvalue weighted by Gasteiger charge is 2.14. The number of nitrogens with one attached hydrogen (secondary N) is 2. The van der Waals surface area contributed by atoms with Gasteiger partial charge in [-0.25, -0.2) is 0 Å². The van der Waals surface area contributed by atoms with Crippen molar-refractivity contribution >= 4 is 23.4 Å². The molecule has 1 saturated heterocycles. The molecule has 4 nitrogen and oxygen atoms in total. The summed E-state index contributed by atoms with van der Waals surface area (Å²) in [7, 11) is 0. The summed E-state index contributed by atoms with van der Waals surface area (Å²) in [4.78, 5) is 7.59. The lowest BCUT2D eigenvalue weighted by molar-refractivity contribution is 0.204. The minimum absolute atomic E-state index is 0. The number of aromatic amines is 1. The van der Waals surface area contributed by atoms with E-state index in [0.29, 0.717) is 11.9 Å². The number of benzene rings is 1. The van der Waals surface area contributed by atoms with Crippen LogP contribution in [-0.2, 0) is 0 Å². The smallest absolute Gasteiger partial charge is 0.294 e. The molecule has 18 heavy (non-hydrogen) atoms. The van der Waals surface area contributed by atoms with Gasteiger partial charge in [0, 0.05) is 0 Å². The molecule has 2 aromatic rings. The van der Waals surface area contributed by atoms with Crippen molar-refractivity contribution < 1.29 is 4.74 Å². The van der Waals surface area contributed by atoms with Crippen LogP contribution in [0.5, 0.6) is 6.01 Å². The summed E-state index contributed by atoms with van der Waals surface area (Å²) in [5, 5.41) is 3.36. The van der Waals surface area contributed by atoms with Crippen molar-refractivity contribution in [1.82, 2.24) is 15.3 Å². The summed E-state index contributed by atoms with van der Waals surface area (Å²) in [6, 6.07) is 8.63. The van der Waals surface area contributed by atoms with Crippen LogP contribution in [-0.4, -0.2) is 29.7 Å². The molecule has 1 aromatic carbocycles. The normalized spacial score (nSPS) is 16.4. The van der Waals surface area contributed by atoms with Gasteiger partial charge in [0.2, 0.25) is 0 Å². The van der Waals surface area contributed by atoms with Gasteiger partial charge in [-0.05, 0) is 44.0 Å². The third kappa shape index (κ3) is 2.94. The van der Waals surface area contributed by atoms with Crippen molar-refractivity contribution in [2.45, 2.75) is 12.8 Å². The Labute approximate surface area is 113 Å². The van der Waals surface area contributed by atoms with Gasteiger partial charge >= 0.3 is 0 Å². The number of piperidine rings is 1. The molecule has 5 heteroatoms. The van der Waals surface area contributed by atoms with Crippen LogP contribution in [0.15, 0.2) is 24.3 Å². The molecule has 1 fully saturated rings. The maximum absolute atomic E-state index is 5.74. The molecule has 3 rings (SSSR count). The summed E-state index contributed by atoms with van der Waals surface area (Å²) >= 11 is 0. The SMILES string of the molecule is Cl.c1ccc2[nH]c(OCC3CCNCC3)nc2c1. The van der Waals surface area contributed by atoms with Crippen molar-refractivity contribution in [3.63, 3.8) is 0 Å². The van der Waals surface area contributed by atoms with Gasteiger partial charge in [-0.2, -0.15) is 4.98 Å². The average Bonchev–Trinajstić information content (AvgIpc) is 2.80. The van der Waals surface area contributed by atoms with Crippen LogP contribution in [0.1, 0.15) is 12.8 Å². The number of H-pyrrole nitrogens is 1. The van der Waals surface area contributed by atoms with Crippen LogP contribution in [0.25, 0.3) is 11.0 Å². The molecule has 2 heterocycles. The van der Waals surface area contributed by atoms with Crippen LogP contribution in [0.3, 0.4) is 0 Å². The number of imidazole rings is 1. The zero-order valence-corrected chi connectivity index (χ0v) is 11.0. The van der Waals surface area contributed by atoms with Crippen molar-refractivity contribution in [3.05, 3.63) is 24.3 Å².